The second-order valence-electron chi connectivity index (χ2n) is 6.32. The number of halogens is 2. The molecule has 0 saturated carbocycles. The summed E-state index contributed by atoms with van der Waals surface area (Å²) >= 11 is 7.50. The number of amides is 3. The van der Waals surface area contributed by atoms with E-state index in [2.05, 4.69) is 5.32 Å². The Balaban J connectivity index is 1.38. The molecular weight excluding hydrogens is 401 g/mol. The molecule has 0 bridgehead atoms. The number of rotatable bonds is 5. The molecule has 1 heterocycles. The number of nitrogens with one attached hydrogen (secondary N) is 1. The number of hydrogen-bond donors (Lipinski definition) is 1. The van der Waals surface area contributed by atoms with Crippen molar-refractivity contribution >= 4 is 35.3 Å². The minimum Gasteiger partial charge on any atom is -0.337 e. The lowest BCUT2D eigenvalue weighted by Gasteiger charge is -2.34. The Labute approximate surface area is 172 Å². The van der Waals surface area contributed by atoms with E-state index in [0.29, 0.717) is 43.3 Å². The molecule has 0 spiro atoms. The second kappa shape index (κ2) is 9.80. The molecule has 0 atom stereocenters. The highest BCUT2D eigenvalue weighted by Crippen LogP contribution is 2.19. The lowest BCUT2D eigenvalue weighted by Crippen LogP contribution is -2.53. The summed E-state index contributed by atoms with van der Waals surface area (Å²) in [5.74, 6) is 0.116. The van der Waals surface area contributed by atoms with Gasteiger partial charge < -0.3 is 15.1 Å². The zero-order valence-corrected chi connectivity index (χ0v) is 16.8. The predicted molar refractivity (Wildman–Crippen MR) is 109 cm³/mol. The Kier molecular flexibility index (Phi) is 7.17. The minimum atomic E-state index is -0.430. The van der Waals surface area contributed by atoms with Gasteiger partial charge in [-0.3, -0.25) is 4.79 Å². The highest BCUT2D eigenvalue weighted by molar-refractivity contribution is 7.99. The number of thioether (sulfide) groups is 1. The van der Waals surface area contributed by atoms with Gasteiger partial charge in [-0.15, -0.1) is 11.8 Å². The Morgan fingerprint density at radius 3 is 2.39 bits per heavy atom. The first-order valence-corrected chi connectivity index (χ1v) is 10.4. The van der Waals surface area contributed by atoms with Crippen LogP contribution in [0.5, 0.6) is 0 Å². The fourth-order valence-electron chi connectivity index (χ4n) is 2.89. The van der Waals surface area contributed by atoms with Gasteiger partial charge in [0.15, 0.2) is 0 Å². The smallest absolute Gasteiger partial charge is 0.317 e. The second-order valence-corrected chi connectivity index (χ2v) is 7.93. The van der Waals surface area contributed by atoms with Crippen molar-refractivity contribution in [3.05, 3.63) is 64.9 Å². The molecule has 3 amide bonds. The SMILES string of the molecule is O=C(NCCSc1ccc(Cl)cc1)N1CCN(C(=O)c2cccc(F)c2)CC1. The van der Waals surface area contributed by atoms with Crippen LogP contribution < -0.4 is 5.32 Å². The van der Waals surface area contributed by atoms with E-state index in [4.69, 9.17) is 11.6 Å². The fraction of sp³-hybridized carbons (Fsp3) is 0.300. The number of carbonyl (C=O) groups is 2. The standard InChI is InChI=1S/C20H21ClFN3O2S/c21-16-4-6-18(7-5-16)28-13-8-23-20(27)25-11-9-24(10-12-25)19(26)15-2-1-3-17(22)14-15/h1-7,14H,8-13H2,(H,23,27). The summed E-state index contributed by atoms with van der Waals surface area (Å²) in [7, 11) is 0. The first-order chi connectivity index (χ1) is 13.5. The number of hydrogen-bond acceptors (Lipinski definition) is 3. The average Bonchev–Trinajstić information content (AvgIpc) is 2.72. The van der Waals surface area contributed by atoms with Crippen LogP contribution in [0.25, 0.3) is 0 Å². The van der Waals surface area contributed by atoms with Gasteiger partial charge in [0.25, 0.3) is 5.91 Å². The van der Waals surface area contributed by atoms with Gasteiger partial charge in [-0.25, -0.2) is 9.18 Å². The van der Waals surface area contributed by atoms with E-state index >= 15 is 0 Å². The van der Waals surface area contributed by atoms with Gasteiger partial charge in [-0.1, -0.05) is 17.7 Å². The van der Waals surface area contributed by atoms with E-state index in [-0.39, 0.29) is 11.9 Å². The zero-order chi connectivity index (χ0) is 19.9. The van der Waals surface area contributed by atoms with Crippen LogP contribution in [0.15, 0.2) is 53.4 Å². The molecule has 8 heteroatoms. The molecule has 1 aliphatic heterocycles. The summed E-state index contributed by atoms with van der Waals surface area (Å²) < 4.78 is 13.3. The maximum atomic E-state index is 13.3. The summed E-state index contributed by atoms with van der Waals surface area (Å²) in [6.07, 6.45) is 0. The van der Waals surface area contributed by atoms with E-state index in [1.807, 2.05) is 24.3 Å². The first kappa shape index (κ1) is 20.5. The average molecular weight is 422 g/mol. The van der Waals surface area contributed by atoms with Crippen LogP contribution in [-0.2, 0) is 0 Å². The normalized spacial score (nSPS) is 14.1. The molecule has 1 N–H and O–H groups in total. The number of benzene rings is 2. The molecular formula is C20H21ClFN3O2S. The first-order valence-electron chi connectivity index (χ1n) is 8.99. The lowest BCUT2D eigenvalue weighted by molar-refractivity contribution is 0.0665. The van der Waals surface area contributed by atoms with Crippen LogP contribution in [0.3, 0.4) is 0 Å². The van der Waals surface area contributed by atoms with Crippen molar-refractivity contribution in [2.75, 3.05) is 38.5 Å². The van der Waals surface area contributed by atoms with Gasteiger partial charge in [-0.2, -0.15) is 0 Å². The van der Waals surface area contributed by atoms with Gasteiger partial charge in [0, 0.05) is 54.0 Å². The third-order valence-electron chi connectivity index (χ3n) is 4.39. The summed E-state index contributed by atoms with van der Waals surface area (Å²) in [4.78, 5) is 29.1. The topological polar surface area (TPSA) is 52.7 Å². The Morgan fingerprint density at radius 2 is 1.71 bits per heavy atom. The number of nitrogens with zero attached hydrogens (tertiary/aromatic N) is 2. The highest BCUT2D eigenvalue weighted by atomic mass is 35.5. The Bertz CT molecular complexity index is 826. The molecule has 2 aromatic rings. The van der Waals surface area contributed by atoms with Gasteiger partial charge in [0.05, 0.1) is 0 Å². The maximum Gasteiger partial charge on any atom is 0.317 e. The molecule has 0 unspecified atom stereocenters. The van der Waals surface area contributed by atoms with Crippen LogP contribution in [0, 0.1) is 5.82 Å². The van der Waals surface area contributed by atoms with Gasteiger partial charge in [-0.05, 0) is 42.5 Å². The van der Waals surface area contributed by atoms with Crippen molar-refractivity contribution < 1.29 is 14.0 Å². The monoisotopic (exact) mass is 421 g/mol. The zero-order valence-electron chi connectivity index (χ0n) is 15.2. The number of piperazine rings is 1. The van der Waals surface area contributed by atoms with Gasteiger partial charge in [0.2, 0.25) is 0 Å². The van der Waals surface area contributed by atoms with Crippen molar-refractivity contribution in [1.82, 2.24) is 15.1 Å². The van der Waals surface area contributed by atoms with Crippen LogP contribution in [0.1, 0.15) is 10.4 Å². The quantitative estimate of drug-likeness (QED) is 0.591. The largest absolute Gasteiger partial charge is 0.337 e. The van der Waals surface area contributed by atoms with Crippen LogP contribution in [-0.4, -0.2) is 60.2 Å². The van der Waals surface area contributed by atoms with Crippen molar-refractivity contribution in [1.29, 1.82) is 0 Å². The van der Waals surface area contributed by atoms with Crippen LogP contribution in [0.2, 0.25) is 5.02 Å². The van der Waals surface area contributed by atoms with Crippen LogP contribution in [0.4, 0.5) is 9.18 Å². The van der Waals surface area contributed by atoms with E-state index < -0.39 is 5.82 Å². The van der Waals surface area contributed by atoms with Crippen molar-refractivity contribution in [2.24, 2.45) is 0 Å². The summed E-state index contributed by atoms with van der Waals surface area (Å²) in [5, 5.41) is 3.61. The summed E-state index contributed by atoms with van der Waals surface area (Å²) in [6.45, 7) is 2.33. The lowest BCUT2D eigenvalue weighted by atomic mass is 10.2. The molecule has 1 saturated heterocycles. The van der Waals surface area contributed by atoms with E-state index in [9.17, 15) is 14.0 Å². The molecule has 5 nitrogen and oxygen atoms in total. The molecule has 3 rings (SSSR count). The predicted octanol–water partition coefficient (Wildman–Crippen LogP) is 3.74. The maximum absolute atomic E-state index is 13.3. The van der Waals surface area contributed by atoms with E-state index in [0.717, 1.165) is 10.6 Å². The summed E-state index contributed by atoms with van der Waals surface area (Å²) in [6, 6.07) is 13.1. The van der Waals surface area contributed by atoms with Crippen molar-refractivity contribution in [2.45, 2.75) is 4.90 Å². The van der Waals surface area contributed by atoms with Crippen molar-refractivity contribution in [3.8, 4) is 0 Å². The van der Waals surface area contributed by atoms with E-state index in [1.165, 1.54) is 18.2 Å². The fourth-order valence-corrected chi connectivity index (χ4v) is 3.78. The Morgan fingerprint density at radius 1 is 1.04 bits per heavy atom. The van der Waals surface area contributed by atoms with Gasteiger partial charge >= 0.3 is 6.03 Å². The molecule has 28 heavy (non-hydrogen) atoms. The van der Waals surface area contributed by atoms with Crippen LogP contribution >= 0.6 is 23.4 Å². The van der Waals surface area contributed by atoms with E-state index in [1.54, 1.807) is 27.6 Å². The van der Waals surface area contributed by atoms with Crippen molar-refractivity contribution in [3.63, 3.8) is 0 Å². The van der Waals surface area contributed by atoms with Gasteiger partial charge in [0.1, 0.15) is 5.82 Å². The molecule has 0 aromatic heterocycles. The molecule has 148 valence electrons. The highest BCUT2D eigenvalue weighted by Gasteiger charge is 2.24. The minimum absolute atomic E-state index is 0.130. The Hall–Kier alpha value is -2.25. The molecule has 1 fully saturated rings. The summed E-state index contributed by atoms with van der Waals surface area (Å²) in [5.41, 5.74) is 0.331. The molecule has 0 aliphatic carbocycles. The third-order valence-corrected chi connectivity index (χ3v) is 5.65. The number of carbonyl (C=O) groups excluding carboxylic acids is 2. The third kappa shape index (κ3) is 5.62. The molecule has 0 radical (unpaired) electrons. The molecule has 1 aliphatic rings. The number of urea groups is 1. The molecule has 2 aromatic carbocycles.